The molecular weight excluding hydrogens is 288 g/mol. The topological polar surface area (TPSA) is 52.6 Å². The van der Waals surface area contributed by atoms with Crippen LogP contribution in [-0.4, -0.2) is 24.2 Å². The van der Waals surface area contributed by atoms with Crippen LogP contribution in [0.4, 0.5) is 11.4 Å². The molecule has 2 rings (SSSR count). The molecule has 2 N–H and O–H groups in total. The number of aryl methyl sites for hydroxylation is 1. The summed E-state index contributed by atoms with van der Waals surface area (Å²) in [6.07, 6.45) is 0. The zero-order chi connectivity index (χ0) is 16.8. The highest BCUT2D eigenvalue weighted by molar-refractivity contribution is 5.88. The standard InChI is InChI=1S/C19H24N2O2/c1-4-21(5-2)17-9-6-15(7-10-17)13-20-18-11-8-16(19(22)23)12-14(18)3/h6-12,20H,4-5,13H2,1-3H3,(H,22,23). The second-order valence-electron chi connectivity index (χ2n) is 5.53. The molecule has 0 bridgehead atoms. The molecule has 2 aromatic rings. The summed E-state index contributed by atoms with van der Waals surface area (Å²) < 4.78 is 0. The Balaban J connectivity index is 2.02. The summed E-state index contributed by atoms with van der Waals surface area (Å²) in [4.78, 5) is 13.3. The maximum Gasteiger partial charge on any atom is 0.335 e. The SMILES string of the molecule is CCN(CC)c1ccc(CNc2ccc(C(=O)O)cc2C)cc1. The first-order valence-corrected chi connectivity index (χ1v) is 7.96. The summed E-state index contributed by atoms with van der Waals surface area (Å²) in [7, 11) is 0. The van der Waals surface area contributed by atoms with Crippen molar-refractivity contribution in [1.82, 2.24) is 0 Å². The van der Waals surface area contributed by atoms with Crippen LogP contribution < -0.4 is 10.2 Å². The van der Waals surface area contributed by atoms with Crippen LogP contribution in [0.3, 0.4) is 0 Å². The van der Waals surface area contributed by atoms with Gasteiger partial charge in [0.1, 0.15) is 0 Å². The Labute approximate surface area is 137 Å². The lowest BCUT2D eigenvalue weighted by molar-refractivity contribution is 0.0697. The minimum atomic E-state index is -0.897. The third-order valence-electron chi connectivity index (χ3n) is 4.02. The molecule has 0 aliphatic rings. The van der Waals surface area contributed by atoms with Gasteiger partial charge < -0.3 is 15.3 Å². The van der Waals surface area contributed by atoms with Gasteiger partial charge in [0.25, 0.3) is 0 Å². The van der Waals surface area contributed by atoms with Gasteiger partial charge in [-0.15, -0.1) is 0 Å². The molecule has 2 aromatic carbocycles. The van der Waals surface area contributed by atoms with Crippen molar-refractivity contribution in [2.24, 2.45) is 0 Å². The normalized spacial score (nSPS) is 10.4. The molecule has 0 aromatic heterocycles. The van der Waals surface area contributed by atoms with E-state index in [2.05, 4.69) is 48.3 Å². The van der Waals surface area contributed by atoms with E-state index >= 15 is 0 Å². The van der Waals surface area contributed by atoms with Crippen molar-refractivity contribution in [3.05, 3.63) is 59.2 Å². The Morgan fingerprint density at radius 3 is 2.26 bits per heavy atom. The summed E-state index contributed by atoms with van der Waals surface area (Å²) in [6.45, 7) is 8.95. The molecule has 122 valence electrons. The average Bonchev–Trinajstić information content (AvgIpc) is 2.56. The van der Waals surface area contributed by atoms with Gasteiger partial charge in [0.05, 0.1) is 5.56 Å². The Hall–Kier alpha value is -2.49. The van der Waals surface area contributed by atoms with Gasteiger partial charge in [-0.3, -0.25) is 0 Å². The van der Waals surface area contributed by atoms with E-state index < -0.39 is 5.97 Å². The van der Waals surface area contributed by atoms with E-state index in [1.807, 2.05) is 13.0 Å². The summed E-state index contributed by atoms with van der Waals surface area (Å²) in [5.74, 6) is -0.897. The number of anilines is 2. The number of carbonyl (C=O) groups is 1. The van der Waals surface area contributed by atoms with E-state index in [4.69, 9.17) is 5.11 Å². The lowest BCUT2D eigenvalue weighted by atomic mass is 10.1. The van der Waals surface area contributed by atoms with E-state index in [0.717, 1.165) is 24.3 Å². The fraction of sp³-hybridized carbons (Fsp3) is 0.316. The quantitative estimate of drug-likeness (QED) is 0.806. The van der Waals surface area contributed by atoms with E-state index in [-0.39, 0.29) is 0 Å². The van der Waals surface area contributed by atoms with Gasteiger partial charge in [-0.05, 0) is 62.2 Å². The number of aromatic carboxylic acids is 1. The molecule has 4 heteroatoms. The Kier molecular flexibility index (Phi) is 5.63. The van der Waals surface area contributed by atoms with Crippen molar-refractivity contribution in [1.29, 1.82) is 0 Å². The summed E-state index contributed by atoms with van der Waals surface area (Å²) in [5.41, 5.74) is 4.65. The third-order valence-corrected chi connectivity index (χ3v) is 4.02. The number of rotatable bonds is 7. The van der Waals surface area contributed by atoms with Crippen molar-refractivity contribution < 1.29 is 9.90 Å². The zero-order valence-electron chi connectivity index (χ0n) is 14.0. The van der Waals surface area contributed by atoms with Crippen molar-refractivity contribution in [2.75, 3.05) is 23.3 Å². The van der Waals surface area contributed by atoms with Crippen LogP contribution in [0.2, 0.25) is 0 Å². The molecule has 0 atom stereocenters. The van der Waals surface area contributed by atoms with Gasteiger partial charge in [0, 0.05) is 31.0 Å². The number of carboxylic acid groups (broad SMARTS) is 1. The number of hydrogen-bond donors (Lipinski definition) is 2. The van der Waals surface area contributed by atoms with Gasteiger partial charge in [-0.2, -0.15) is 0 Å². The molecular formula is C19H24N2O2. The van der Waals surface area contributed by atoms with Crippen molar-refractivity contribution in [3.8, 4) is 0 Å². The van der Waals surface area contributed by atoms with E-state index in [1.54, 1.807) is 12.1 Å². The zero-order valence-corrected chi connectivity index (χ0v) is 14.0. The maximum atomic E-state index is 11.0. The van der Waals surface area contributed by atoms with Crippen LogP contribution in [0.1, 0.15) is 35.3 Å². The van der Waals surface area contributed by atoms with E-state index in [9.17, 15) is 4.79 Å². The van der Waals surface area contributed by atoms with E-state index in [0.29, 0.717) is 12.1 Å². The predicted molar refractivity (Wildman–Crippen MR) is 95.5 cm³/mol. The highest BCUT2D eigenvalue weighted by Crippen LogP contribution is 2.19. The van der Waals surface area contributed by atoms with Crippen LogP contribution in [0, 0.1) is 6.92 Å². The first-order chi connectivity index (χ1) is 11.0. The molecule has 0 fully saturated rings. The fourth-order valence-electron chi connectivity index (χ4n) is 2.61. The van der Waals surface area contributed by atoms with Crippen molar-refractivity contribution in [2.45, 2.75) is 27.3 Å². The number of nitrogens with one attached hydrogen (secondary N) is 1. The molecule has 0 unspecified atom stereocenters. The summed E-state index contributed by atoms with van der Waals surface area (Å²) in [5, 5.41) is 12.4. The average molecular weight is 312 g/mol. The first kappa shape index (κ1) is 16.9. The van der Waals surface area contributed by atoms with Crippen LogP contribution in [0.25, 0.3) is 0 Å². The largest absolute Gasteiger partial charge is 0.478 e. The molecule has 0 aliphatic carbocycles. The van der Waals surface area contributed by atoms with Crippen LogP contribution in [0.5, 0.6) is 0 Å². The highest BCUT2D eigenvalue weighted by Gasteiger charge is 2.06. The van der Waals surface area contributed by atoms with E-state index in [1.165, 1.54) is 11.3 Å². The molecule has 0 radical (unpaired) electrons. The summed E-state index contributed by atoms with van der Waals surface area (Å²) in [6, 6.07) is 13.7. The molecule has 0 saturated heterocycles. The number of nitrogens with zero attached hydrogens (tertiary/aromatic N) is 1. The maximum absolute atomic E-state index is 11.0. The second-order valence-corrected chi connectivity index (χ2v) is 5.53. The van der Waals surface area contributed by atoms with Gasteiger partial charge >= 0.3 is 5.97 Å². The summed E-state index contributed by atoms with van der Waals surface area (Å²) >= 11 is 0. The molecule has 0 heterocycles. The van der Waals surface area contributed by atoms with Gasteiger partial charge in [-0.1, -0.05) is 12.1 Å². The van der Waals surface area contributed by atoms with Crippen LogP contribution in [0.15, 0.2) is 42.5 Å². The minimum Gasteiger partial charge on any atom is -0.478 e. The Morgan fingerprint density at radius 1 is 1.09 bits per heavy atom. The number of carboxylic acids is 1. The third kappa shape index (κ3) is 4.25. The molecule has 0 aliphatic heterocycles. The lowest BCUT2D eigenvalue weighted by Gasteiger charge is -2.21. The Morgan fingerprint density at radius 2 is 1.74 bits per heavy atom. The fourth-order valence-corrected chi connectivity index (χ4v) is 2.61. The monoisotopic (exact) mass is 312 g/mol. The smallest absolute Gasteiger partial charge is 0.335 e. The molecule has 4 nitrogen and oxygen atoms in total. The number of benzene rings is 2. The van der Waals surface area contributed by atoms with Gasteiger partial charge in [0.2, 0.25) is 0 Å². The Bertz CT molecular complexity index is 662. The predicted octanol–water partition coefficient (Wildman–Crippen LogP) is 4.15. The first-order valence-electron chi connectivity index (χ1n) is 7.96. The second kappa shape index (κ2) is 7.68. The van der Waals surface area contributed by atoms with Crippen molar-refractivity contribution >= 4 is 17.3 Å². The molecule has 0 amide bonds. The lowest BCUT2D eigenvalue weighted by Crippen LogP contribution is -2.21. The van der Waals surface area contributed by atoms with Crippen LogP contribution in [-0.2, 0) is 6.54 Å². The van der Waals surface area contributed by atoms with Gasteiger partial charge in [0.15, 0.2) is 0 Å². The molecule has 0 spiro atoms. The number of hydrogen-bond acceptors (Lipinski definition) is 3. The van der Waals surface area contributed by atoms with Gasteiger partial charge in [-0.25, -0.2) is 4.79 Å². The highest BCUT2D eigenvalue weighted by atomic mass is 16.4. The van der Waals surface area contributed by atoms with Crippen LogP contribution >= 0.6 is 0 Å². The molecule has 0 saturated carbocycles. The minimum absolute atomic E-state index is 0.316. The molecule has 23 heavy (non-hydrogen) atoms. The van der Waals surface area contributed by atoms with Crippen molar-refractivity contribution in [3.63, 3.8) is 0 Å².